The van der Waals surface area contributed by atoms with E-state index in [9.17, 15) is 4.79 Å². The van der Waals surface area contributed by atoms with Gasteiger partial charge in [0, 0.05) is 5.92 Å². The molecule has 0 aliphatic carbocycles. The van der Waals surface area contributed by atoms with Crippen molar-refractivity contribution in [3.63, 3.8) is 0 Å². The molecule has 0 spiro atoms. The highest BCUT2D eigenvalue weighted by molar-refractivity contribution is 5.77. The first-order valence-electron chi connectivity index (χ1n) is 4.75. The van der Waals surface area contributed by atoms with E-state index in [1.54, 1.807) is 6.92 Å². The lowest BCUT2D eigenvalue weighted by atomic mass is 9.77. The zero-order valence-electron chi connectivity index (χ0n) is 9.27. The normalized spacial score (nSPS) is 17.2. The third-order valence-electron chi connectivity index (χ3n) is 2.88. The van der Waals surface area contributed by atoms with Crippen molar-refractivity contribution in [2.75, 3.05) is 0 Å². The highest BCUT2D eigenvalue weighted by Crippen LogP contribution is 2.30. The molecule has 1 heteroatoms. The van der Waals surface area contributed by atoms with E-state index in [0.29, 0.717) is 17.1 Å². The lowest BCUT2D eigenvalue weighted by Gasteiger charge is -2.28. The van der Waals surface area contributed by atoms with Gasteiger partial charge >= 0.3 is 0 Å². The van der Waals surface area contributed by atoms with E-state index < -0.39 is 0 Å². The Morgan fingerprint density at radius 1 is 1.25 bits per heavy atom. The largest absolute Gasteiger partial charge is 0.300 e. The van der Waals surface area contributed by atoms with E-state index in [1.807, 2.05) is 6.92 Å². The minimum atomic E-state index is 0.222. The Labute approximate surface area is 76.6 Å². The molecule has 2 atom stereocenters. The minimum absolute atomic E-state index is 0.222. The molecule has 0 rings (SSSR count). The Morgan fingerprint density at radius 3 is 1.92 bits per heavy atom. The standard InChI is InChI=1S/C11H22O/c1-8(10(3)12)7-9(2)11(4,5)6/h8-9H,7H2,1-6H3. The summed E-state index contributed by atoms with van der Waals surface area (Å²) >= 11 is 0. The lowest BCUT2D eigenvalue weighted by molar-refractivity contribution is -0.120. The topological polar surface area (TPSA) is 17.1 Å². The van der Waals surface area contributed by atoms with Gasteiger partial charge in [0.15, 0.2) is 0 Å². The van der Waals surface area contributed by atoms with E-state index >= 15 is 0 Å². The quantitative estimate of drug-likeness (QED) is 0.635. The summed E-state index contributed by atoms with van der Waals surface area (Å²) in [6.45, 7) is 12.6. The van der Waals surface area contributed by atoms with Gasteiger partial charge < -0.3 is 0 Å². The molecule has 72 valence electrons. The van der Waals surface area contributed by atoms with Crippen molar-refractivity contribution in [1.29, 1.82) is 0 Å². The molecular weight excluding hydrogens is 148 g/mol. The van der Waals surface area contributed by atoms with Crippen LogP contribution in [0.2, 0.25) is 0 Å². The van der Waals surface area contributed by atoms with Crippen LogP contribution in [0, 0.1) is 17.3 Å². The first-order chi connectivity index (χ1) is 5.25. The average molecular weight is 170 g/mol. The average Bonchev–Trinajstić information content (AvgIpc) is 1.85. The molecule has 0 heterocycles. The highest BCUT2D eigenvalue weighted by atomic mass is 16.1. The van der Waals surface area contributed by atoms with Crippen molar-refractivity contribution in [1.82, 2.24) is 0 Å². The monoisotopic (exact) mass is 170 g/mol. The molecule has 0 saturated carbocycles. The number of rotatable bonds is 3. The molecule has 0 fully saturated rings. The fraction of sp³-hybridized carbons (Fsp3) is 0.909. The molecule has 0 N–H and O–H groups in total. The van der Waals surface area contributed by atoms with Gasteiger partial charge in [-0.15, -0.1) is 0 Å². The van der Waals surface area contributed by atoms with E-state index in [2.05, 4.69) is 27.7 Å². The fourth-order valence-corrected chi connectivity index (χ4v) is 1.05. The molecule has 2 unspecified atom stereocenters. The van der Waals surface area contributed by atoms with Gasteiger partial charge in [0.2, 0.25) is 0 Å². The zero-order valence-corrected chi connectivity index (χ0v) is 9.27. The summed E-state index contributed by atoms with van der Waals surface area (Å²) in [4.78, 5) is 11.0. The Balaban J connectivity index is 4.01. The van der Waals surface area contributed by atoms with Gasteiger partial charge in [0.1, 0.15) is 5.78 Å². The Morgan fingerprint density at radius 2 is 1.67 bits per heavy atom. The van der Waals surface area contributed by atoms with Gasteiger partial charge in [0.25, 0.3) is 0 Å². The number of carbonyl (C=O) groups is 1. The van der Waals surface area contributed by atoms with Gasteiger partial charge in [-0.3, -0.25) is 4.79 Å². The maximum atomic E-state index is 11.0. The van der Waals surface area contributed by atoms with Gasteiger partial charge in [-0.05, 0) is 24.7 Å². The third-order valence-corrected chi connectivity index (χ3v) is 2.88. The molecule has 0 aliphatic heterocycles. The van der Waals surface area contributed by atoms with Crippen molar-refractivity contribution in [2.24, 2.45) is 17.3 Å². The molecule has 0 radical (unpaired) electrons. The van der Waals surface area contributed by atoms with E-state index in [-0.39, 0.29) is 5.92 Å². The molecule has 0 aromatic heterocycles. The van der Waals surface area contributed by atoms with Crippen LogP contribution in [0.4, 0.5) is 0 Å². The number of carbonyl (C=O) groups excluding carboxylic acids is 1. The van der Waals surface area contributed by atoms with Crippen LogP contribution in [-0.4, -0.2) is 5.78 Å². The summed E-state index contributed by atoms with van der Waals surface area (Å²) < 4.78 is 0. The van der Waals surface area contributed by atoms with Crippen LogP contribution in [-0.2, 0) is 4.79 Å². The predicted octanol–water partition coefficient (Wildman–Crippen LogP) is 3.28. The molecule has 0 amide bonds. The van der Waals surface area contributed by atoms with Gasteiger partial charge in [-0.2, -0.15) is 0 Å². The van der Waals surface area contributed by atoms with Crippen LogP contribution in [0.3, 0.4) is 0 Å². The van der Waals surface area contributed by atoms with Crippen molar-refractivity contribution in [2.45, 2.75) is 48.0 Å². The molecule has 1 nitrogen and oxygen atoms in total. The summed E-state index contributed by atoms with van der Waals surface area (Å²) in [7, 11) is 0. The summed E-state index contributed by atoms with van der Waals surface area (Å²) in [6, 6.07) is 0. The number of Topliss-reactive ketones (excluding diaryl/α,β-unsaturated/α-hetero) is 1. The molecule has 12 heavy (non-hydrogen) atoms. The molecule has 0 saturated heterocycles. The number of hydrogen-bond acceptors (Lipinski definition) is 1. The first kappa shape index (κ1) is 11.7. The maximum Gasteiger partial charge on any atom is 0.132 e. The fourth-order valence-electron chi connectivity index (χ4n) is 1.05. The van der Waals surface area contributed by atoms with Crippen LogP contribution < -0.4 is 0 Å². The number of hydrogen-bond donors (Lipinski definition) is 0. The molecule has 0 bridgehead atoms. The lowest BCUT2D eigenvalue weighted by Crippen LogP contribution is -2.21. The summed E-state index contributed by atoms with van der Waals surface area (Å²) in [5.74, 6) is 1.14. The minimum Gasteiger partial charge on any atom is -0.300 e. The summed E-state index contributed by atoms with van der Waals surface area (Å²) in [5.41, 5.74) is 0.323. The van der Waals surface area contributed by atoms with E-state index in [4.69, 9.17) is 0 Å². The molecule has 0 aromatic rings. The molecular formula is C11H22O. The second kappa shape index (κ2) is 4.06. The van der Waals surface area contributed by atoms with Crippen LogP contribution in [0.25, 0.3) is 0 Å². The van der Waals surface area contributed by atoms with Crippen molar-refractivity contribution < 1.29 is 4.79 Å². The van der Waals surface area contributed by atoms with Crippen molar-refractivity contribution in [3.8, 4) is 0 Å². The molecule has 0 aliphatic rings. The maximum absolute atomic E-state index is 11.0. The third kappa shape index (κ3) is 3.89. The van der Waals surface area contributed by atoms with Gasteiger partial charge in [-0.1, -0.05) is 34.6 Å². The van der Waals surface area contributed by atoms with Crippen molar-refractivity contribution >= 4 is 5.78 Å². The highest BCUT2D eigenvalue weighted by Gasteiger charge is 2.23. The van der Waals surface area contributed by atoms with Crippen LogP contribution in [0.1, 0.15) is 48.0 Å². The summed E-state index contributed by atoms with van der Waals surface area (Å²) in [5, 5.41) is 0. The van der Waals surface area contributed by atoms with Crippen LogP contribution in [0.5, 0.6) is 0 Å². The molecule has 0 aromatic carbocycles. The van der Waals surface area contributed by atoms with Gasteiger partial charge in [-0.25, -0.2) is 0 Å². The van der Waals surface area contributed by atoms with E-state index in [1.165, 1.54) is 0 Å². The Bertz CT molecular complexity index is 153. The summed E-state index contributed by atoms with van der Waals surface area (Å²) in [6.07, 6.45) is 1.01. The SMILES string of the molecule is CC(=O)C(C)CC(C)C(C)(C)C. The number of ketones is 1. The van der Waals surface area contributed by atoms with Crippen LogP contribution in [0.15, 0.2) is 0 Å². The zero-order chi connectivity index (χ0) is 9.94. The predicted molar refractivity (Wildman–Crippen MR) is 53.1 cm³/mol. The smallest absolute Gasteiger partial charge is 0.132 e. The van der Waals surface area contributed by atoms with Crippen molar-refractivity contribution in [3.05, 3.63) is 0 Å². The Hall–Kier alpha value is -0.330. The Kier molecular flexibility index (Phi) is 3.95. The van der Waals surface area contributed by atoms with Crippen LogP contribution >= 0.6 is 0 Å². The first-order valence-corrected chi connectivity index (χ1v) is 4.75. The second-order valence-corrected chi connectivity index (χ2v) is 5.01. The second-order valence-electron chi connectivity index (χ2n) is 5.01. The van der Waals surface area contributed by atoms with E-state index in [0.717, 1.165) is 6.42 Å². The van der Waals surface area contributed by atoms with Gasteiger partial charge in [0.05, 0.1) is 0 Å².